The molecule has 0 aliphatic rings. The molecule has 0 saturated carbocycles. The molecule has 0 amide bonds. The van der Waals surface area contributed by atoms with Crippen LogP contribution in [0.5, 0.6) is 0 Å². The molecule has 0 spiro atoms. The SMILES string of the molecule is CC(C)(C)[C@@H](O)Cc1ccc2ccccc2c1. The van der Waals surface area contributed by atoms with Crippen molar-refractivity contribution in [1.29, 1.82) is 0 Å². The van der Waals surface area contributed by atoms with Crippen LogP contribution in [-0.4, -0.2) is 11.2 Å². The van der Waals surface area contributed by atoms with Gasteiger partial charge in [-0.1, -0.05) is 63.2 Å². The van der Waals surface area contributed by atoms with E-state index >= 15 is 0 Å². The number of rotatable bonds is 2. The summed E-state index contributed by atoms with van der Waals surface area (Å²) in [5.41, 5.74) is 1.14. The molecule has 0 aromatic heterocycles. The molecule has 0 aliphatic heterocycles. The largest absolute Gasteiger partial charge is 0.392 e. The minimum Gasteiger partial charge on any atom is -0.392 e. The highest BCUT2D eigenvalue weighted by molar-refractivity contribution is 5.82. The second-order valence-corrected chi connectivity index (χ2v) is 5.77. The van der Waals surface area contributed by atoms with E-state index in [0.29, 0.717) is 6.42 Å². The maximum absolute atomic E-state index is 10.1. The summed E-state index contributed by atoms with van der Waals surface area (Å²) in [6.45, 7) is 6.20. The zero-order chi connectivity index (χ0) is 12.5. The molecule has 0 heterocycles. The predicted octanol–water partition coefficient (Wildman–Crippen LogP) is 3.79. The number of aliphatic hydroxyl groups excluding tert-OH is 1. The van der Waals surface area contributed by atoms with E-state index < -0.39 is 0 Å². The van der Waals surface area contributed by atoms with Gasteiger partial charge >= 0.3 is 0 Å². The van der Waals surface area contributed by atoms with Crippen LogP contribution in [0.4, 0.5) is 0 Å². The van der Waals surface area contributed by atoms with Gasteiger partial charge < -0.3 is 5.11 Å². The van der Waals surface area contributed by atoms with Crippen molar-refractivity contribution in [3.05, 3.63) is 48.0 Å². The average Bonchev–Trinajstić information content (AvgIpc) is 2.27. The summed E-state index contributed by atoms with van der Waals surface area (Å²) >= 11 is 0. The Morgan fingerprint density at radius 1 is 1.00 bits per heavy atom. The van der Waals surface area contributed by atoms with Crippen molar-refractivity contribution in [1.82, 2.24) is 0 Å². The lowest BCUT2D eigenvalue weighted by atomic mass is 9.85. The van der Waals surface area contributed by atoms with Gasteiger partial charge in [0, 0.05) is 0 Å². The Bertz CT molecular complexity index is 508. The normalized spacial score (nSPS) is 13.9. The number of hydrogen-bond donors (Lipinski definition) is 1. The summed E-state index contributed by atoms with van der Waals surface area (Å²) in [4.78, 5) is 0. The lowest BCUT2D eigenvalue weighted by Gasteiger charge is -2.25. The Morgan fingerprint density at radius 3 is 2.29 bits per heavy atom. The van der Waals surface area contributed by atoms with Crippen LogP contribution >= 0.6 is 0 Å². The van der Waals surface area contributed by atoms with E-state index in [0.717, 1.165) is 0 Å². The van der Waals surface area contributed by atoms with Gasteiger partial charge in [0.25, 0.3) is 0 Å². The predicted molar refractivity (Wildman–Crippen MR) is 73.1 cm³/mol. The Kier molecular flexibility index (Phi) is 3.21. The second kappa shape index (κ2) is 4.50. The lowest BCUT2D eigenvalue weighted by molar-refractivity contribution is 0.0636. The summed E-state index contributed by atoms with van der Waals surface area (Å²) in [7, 11) is 0. The molecule has 0 saturated heterocycles. The maximum atomic E-state index is 10.1. The fraction of sp³-hybridized carbons (Fsp3) is 0.375. The van der Waals surface area contributed by atoms with Crippen LogP contribution in [0.15, 0.2) is 42.5 Å². The van der Waals surface area contributed by atoms with Crippen LogP contribution in [0.2, 0.25) is 0 Å². The molecule has 1 heteroatoms. The van der Waals surface area contributed by atoms with Gasteiger partial charge in [0.2, 0.25) is 0 Å². The highest BCUT2D eigenvalue weighted by atomic mass is 16.3. The third-order valence-corrected chi connectivity index (χ3v) is 3.24. The van der Waals surface area contributed by atoms with Crippen LogP contribution in [0.1, 0.15) is 26.3 Å². The summed E-state index contributed by atoms with van der Waals surface area (Å²) in [6, 6.07) is 14.7. The van der Waals surface area contributed by atoms with Crippen molar-refractivity contribution < 1.29 is 5.11 Å². The van der Waals surface area contributed by atoms with E-state index in [2.05, 4.69) is 51.1 Å². The van der Waals surface area contributed by atoms with E-state index in [1.165, 1.54) is 16.3 Å². The second-order valence-electron chi connectivity index (χ2n) is 5.77. The Hall–Kier alpha value is -1.34. The summed E-state index contributed by atoms with van der Waals surface area (Å²) in [6.07, 6.45) is 0.414. The van der Waals surface area contributed by atoms with Gasteiger partial charge in [-0.25, -0.2) is 0 Å². The molecule has 2 rings (SSSR count). The van der Waals surface area contributed by atoms with Crippen molar-refractivity contribution >= 4 is 10.8 Å². The molecule has 1 atom stereocenters. The number of hydrogen-bond acceptors (Lipinski definition) is 1. The quantitative estimate of drug-likeness (QED) is 0.829. The first-order valence-electron chi connectivity index (χ1n) is 6.12. The molecular weight excluding hydrogens is 208 g/mol. The smallest absolute Gasteiger partial charge is 0.0628 e. The van der Waals surface area contributed by atoms with Gasteiger partial charge in [-0.3, -0.25) is 0 Å². The molecule has 0 unspecified atom stereocenters. The van der Waals surface area contributed by atoms with Crippen molar-refractivity contribution in [3.63, 3.8) is 0 Å². The highest BCUT2D eigenvalue weighted by Gasteiger charge is 2.22. The van der Waals surface area contributed by atoms with Gasteiger partial charge in [0.1, 0.15) is 0 Å². The van der Waals surface area contributed by atoms with Crippen LogP contribution in [0.3, 0.4) is 0 Å². The van der Waals surface area contributed by atoms with Crippen LogP contribution in [0, 0.1) is 5.41 Å². The summed E-state index contributed by atoms with van der Waals surface area (Å²) < 4.78 is 0. The summed E-state index contributed by atoms with van der Waals surface area (Å²) in [5.74, 6) is 0. The standard InChI is InChI=1S/C16H20O/c1-16(2,3)15(17)11-12-8-9-13-6-4-5-7-14(13)10-12/h4-10,15,17H,11H2,1-3H3/t15-/m0/s1. The third kappa shape index (κ3) is 2.86. The molecule has 1 N–H and O–H groups in total. The zero-order valence-electron chi connectivity index (χ0n) is 10.8. The van der Waals surface area contributed by atoms with E-state index in [4.69, 9.17) is 0 Å². The van der Waals surface area contributed by atoms with Crippen LogP contribution < -0.4 is 0 Å². The van der Waals surface area contributed by atoms with Gasteiger partial charge in [-0.15, -0.1) is 0 Å². The average molecular weight is 228 g/mol. The molecule has 90 valence electrons. The third-order valence-electron chi connectivity index (χ3n) is 3.24. The minimum absolute atomic E-state index is 0.0638. The van der Waals surface area contributed by atoms with E-state index in [1.54, 1.807) is 0 Å². The minimum atomic E-state index is -0.302. The van der Waals surface area contributed by atoms with E-state index in [-0.39, 0.29) is 11.5 Å². The van der Waals surface area contributed by atoms with Gasteiger partial charge in [0.05, 0.1) is 6.10 Å². The number of benzene rings is 2. The fourth-order valence-electron chi connectivity index (χ4n) is 1.90. The maximum Gasteiger partial charge on any atom is 0.0628 e. The van der Waals surface area contributed by atoms with Crippen molar-refractivity contribution in [2.45, 2.75) is 33.3 Å². The van der Waals surface area contributed by atoms with Crippen molar-refractivity contribution in [3.8, 4) is 0 Å². The Labute approximate surface area is 103 Å². The van der Waals surface area contributed by atoms with Crippen molar-refractivity contribution in [2.24, 2.45) is 5.41 Å². The fourth-order valence-corrected chi connectivity index (χ4v) is 1.90. The van der Waals surface area contributed by atoms with Gasteiger partial charge in [-0.05, 0) is 28.2 Å². The molecule has 0 aliphatic carbocycles. The molecule has 1 nitrogen and oxygen atoms in total. The molecule has 0 fully saturated rings. The lowest BCUT2D eigenvalue weighted by Crippen LogP contribution is -2.28. The van der Waals surface area contributed by atoms with Crippen LogP contribution in [0.25, 0.3) is 10.8 Å². The van der Waals surface area contributed by atoms with E-state index in [1.807, 2.05) is 12.1 Å². The molecule has 2 aromatic carbocycles. The number of fused-ring (bicyclic) bond motifs is 1. The molecule has 17 heavy (non-hydrogen) atoms. The molecular formula is C16H20O. The van der Waals surface area contributed by atoms with Crippen molar-refractivity contribution in [2.75, 3.05) is 0 Å². The molecule has 0 radical (unpaired) electrons. The first-order valence-corrected chi connectivity index (χ1v) is 6.12. The Morgan fingerprint density at radius 2 is 1.65 bits per heavy atom. The van der Waals surface area contributed by atoms with Crippen LogP contribution in [-0.2, 0) is 6.42 Å². The monoisotopic (exact) mass is 228 g/mol. The summed E-state index contributed by atoms with van der Waals surface area (Å²) in [5, 5.41) is 12.6. The Balaban J connectivity index is 2.25. The first-order chi connectivity index (χ1) is 7.97. The van der Waals surface area contributed by atoms with E-state index in [9.17, 15) is 5.11 Å². The van der Waals surface area contributed by atoms with Gasteiger partial charge in [-0.2, -0.15) is 0 Å². The number of aliphatic hydroxyl groups is 1. The highest BCUT2D eigenvalue weighted by Crippen LogP contribution is 2.24. The van der Waals surface area contributed by atoms with Gasteiger partial charge in [0.15, 0.2) is 0 Å². The molecule has 0 bridgehead atoms. The first kappa shape index (κ1) is 12.1. The molecule has 2 aromatic rings. The topological polar surface area (TPSA) is 20.2 Å². The zero-order valence-corrected chi connectivity index (χ0v) is 10.8.